The molecule has 0 heterocycles. The van der Waals surface area contributed by atoms with E-state index in [2.05, 4.69) is 42.5 Å². The van der Waals surface area contributed by atoms with Crippen LogP contribution in [0.2, 0.25) is 0 Å². The summed E-state index contributed by atoms with van der Waals surface area (Å²) in [4.78, 5) is 22.9. The Morgan fingerprint density at radius 1 is 1.35 bits per heavy atom. The second-order valence-electron chi connectivity index (χ2n) is 4.65. The second-order valence-corrected chi connectivity index (χ2v) is 6.42. The fourth-order valence-electron chi connectivity index (χ4n) is 1.39. The van der Waals surface area contributed by atoms with Gasteiger partial charge < -0.3 is 15.7 Å². The Labute approximate surface area is 134 Å². The van der Waals surface area contributed by atoms with Gasteiger partial charge in [0.15, 0.2) is 0 Å². The van der Waals surface area contributed by atoms with E-state index in [0.717, 1.165) is 8.95 Å². The highest BCUT2D eigenvalue weighted by Crippen LogP contribution is 2.26. The van der Waals surface area contributed by atoms with Gasteiger partial charge in [-0.15, -0.1) is 0 Å². The van der Waals surface area contributed by atoms with Crippen LogP contribution < -0.4 is 10.6 Å². The lowest BCUT2D eigenvalue weighted by molar-refractivity contribution is -0.147. The summed E-state index contributed by atoms with van der Waals surface area (Å²) in [7, 11) is 0. The van der Waals surface area contributed by atoms with Crippen LogP contribution in [0.3, 0.4) is 0 Å². The molecule has 1 aromatic carbocycles. The molecule has 3 N–H and O–H groups in total. The predicted octanol–water partition coefficient (Wildman–Crippen LogP) is 3.83. The number of aliphatic carboxylic acids is 1. The minimum Gasteiger partial charge on any atom is -0.481 e. The number of amides is 2. The molecule has 0 aliphatic heterocycles. The first-order chi connectivity index (χ1) is 9.28. The number of rotatable bonds is 5. The van der Waals surface area contributed by atoms with Crippen LogP contribution in [0.15, 0.2) is 27.1 Å². The number of halogens is 2. The van der Waals surface area contributed by atoms with Gasteiger partial charge >= 0.3 is 12.0 Å². The van der Waals surface area contributed by atoms with Crippen molar-refractivity contribution in [3.05, 3.63) is 27.1 Å². The van der Waals surface area contributed by atoms with E-state index in [-0.39, 0.29) is 6.54 Å². The van der Waals surface area contributed by atoms with Crippen molar-refractivity contribution in [2.24, 2.45) is 5.41 Å². The van der Waals surface area contributed by atoms with Gasteiger partial charge in [0.05, 0.1) is 11.1 Å². The van der Waals surface area contributed by atoms with Gasteiger partial charge in [-0.05, 0) is 47.5 Å². The van der Waals surface area contributed by atoms with Gasteiger partial charge in [-0.2, -0.15) is 0 Å². The van der Waals surface area contributed by atoms with Crippen LogP contribution in [0.25, 0.3) is 0 Å². The van der Waals surface area contributed by atoms with Crippen molar-refractivity contribution in [1.29, 1.82) is 0 Å². The summed E-state index contributed by atoms with van der Waals surface area (Å²) in [5.41, 5.74) is -0.364. The van der Waals surface area contributed by atoms with Crippen LogP contribution in [0, 0.1) is 5.41 Å². The largest absolute Gasteiger partial charge is 0.481 e. The maximum Gasteiger partial charge on any atom is 0.319 e. The van der Waals surface area contributed by atoms with E-state index in [1.54, 1.807) is 26.0 Å². The number of hydrogen-bond acceptors (Lipinski definition) is 2. The average Bonchev–Trinajstić information content (AvgIpc) is 2.40. The molecule has 0 aliphatic rings. The summed E-state index contributed by atoms with van der Waals surface area (Å²) in [6.07, 6.45) is 0.434. The standard InChI is InChI=1S/C13H16Br2N2O3/c1-3-13(2,11(18)19)7-16-12(20)17-10-6-8(14)4-5-9(10)15/h4-6H,3,7H2,1-2H3,(H,18,19)(H2,16,17,20). The molecule has 5 nitrogen and oxygen atoms in total. The van der Waals surface area contributed by atoms with Gasteiger partial charge in [-0.3, -0.25) is 4.79 Å². The molecule has 20 heavy (non-hydrogen) atoms. The van der Waals surface area contributed by atoms with Crippen LogP contribution in [0.1, 0.15) is 20.3 Å². The Bertz CT molecular complexity index is 522. The number of carboxylic acids is 1. The zero-order valence-electron chi connectivity index (χ0n) is 11.2. The molecule has 1 unspecified atom stereocenters. The van der Waals surface area contributed by atoms with E-state index >= 15 is 0 Å². The number of carbonyl (C=O) groups is 2. The smallest absolute Gasteiger partial charge is 0.319 e. The average molecular weight is 408 g/mol. The molecule has 0 radical (unpaired) electrons. The Morgan fingerprint density at radius 3 is 2.55 bits per heavy atom. The lowest BCUT2D eigenvalue weighted by Gasteiger charge is -2.23. The number of carbonyl (C=O) groups excluding carboxylic acids is 1. The second kappa shape index (κ2) is 7.08. The Hall–Kier alpha value is -1.08. The predicted molar refractivity (Wildman–Crippen MR) is 84.9 cm³/mol. The molecule has 0 saturated heterocycles. The van der Waals surface area contributed by atoms with Crippen LogP contribution in [0.4, 0.5) is 10.5 Å². The Balaban J connectivity index is 2.65. The van der Waals surface area contributed by atoms with Crippen LogP contribution in [-0.4, -0.2) is 23.7 Å². The third-order valence-corrected chi connectivity index (χ3v) is 4.30. The third kappa shape index (κ3) is 4.49. The molecule has 0 aliphatic carbocycles. The summed E-state index contributed by atoms with van der Waals surface area (Å²) < 4.78 is 1.58. The summed E-state index contributed by atoms with van der Waals surface area (Å²) in [6.45, 7) is 3.44. The summed E-state index contributed by atoms with van der Waals surface area (Å²) in [5.74, 6) is -0.927. The minimum atomic E-state index is -0.966. The quantitative estimate of drug-likeness (QED) is 0.693. The molecule has 2 amide bonds. The van der Waals surface area contributed by atoms with Gasteiger partial charge in [0.25, 0.3) is 0 Å². The molecule has 7 heteroatoms. The molecule has 0 spiro atoms. The fourth-order valence-corrected chi connectivity index (χ4v) is 2.09. The number of nitrogens with one attached hydrogen (secondary N) is 2. The lowest BCUT2D eigenvalue weighted by Crippen LogP contribution is -2.42. The van der Waals surface area contributed by atoms with E-state index in [4.69, 9.17) is 5.11 Å². The van der Waals surface area contributed by atoms with Crippen molar-refractivity contribution in [2.45, 2.75) is 20.3 Å². The van der Waals surface area contributed by atoms with E-state index in [9.17, 15) is 9.59 Å². The van der Waals surface area contributed by atoms with Crippen LogP contribution in [-0.2, 0) is 4.79 Å². The topological polar surface area (TPSA) is 78.4 Å². The van der Waals surface area contributed by atoms with E-state index in [0.29, 0.717) is 12.1 Å². The highest BCUT2D eigenvalue weighted by Gasteiger charge is 2.31. The van der Waals surface area contributed by atoms with E-state index < -0.39 is 17.4 Å². The monoisotopic (exact) mass is 406 g/mol. The van der Waals surface area contributed by atoms with Gasteiger partial charge in [-0.1, -0.05) is 22.9 Å². The first-order valence-corrected chi connectivity index (χ1v) is 7.60. The Kier molecular flexibility index (Phi) is 6.01. The van der Waals surface area contributed by atoms with Crippen molar-refractivity contribution in [1.82, 2.24) is 5.32 Å². The highest BCUT2D eigenvalue weighted by atomic mass is 79.9. The SMILES string of the molecule is CCC(C)(CNC(=O)Nc1cc(Br)ccc1Br)C(=O)O. The number of anilines is 1. The Morgan fingerprint density at radius 2 is 2.00 bits per heavy atom. The van der Waals surface area contributed by atoms with Gasteiger partial charge in [0, 0.05) is 15.5 Å². The molecule has 110 valence electrons. The van der Waals surface area contributed by atoms with Crippen molar-refractivity contribution in [3.63, 3.8) is 0 Å². The highest BCUT2D eigenvalue weighted by molar-refractivity contribution is 9.11. The zero-order chi connectivity index (χ0) is 15.3. The minimum absolute atomic E-state index is 0.0658. The number of carboxylic acid groups (broad SMARTS) is 1. The number of benzene rings is 1. The maximum absolute atomic E-state index is 11.8. The fraction of sp³-hybridized carbons (Fsp3) is 0.385. The first-order valence-electron chi connectivity index (χ1n) is 6.02. The molecule has 0 saturated carbocycles. The maximum atomic E-state index is 11.8. The number of urea groups is 1. The lowest BCUT2D eigenvalue weighted by atomic mass is 9.88. The summed E-state index contributed by atoms with van der Waals surface area (Å²) >= 11 is 6.65. The van der Waals surface area contributed by atoms with Crippen LogP contribution >= 0.6 is 31.9 Å². The molecule has 0 bridgehead atoms. The van der Waals surface area contributed by atoms with E-state index in [1.807, 2.05) is 6.07 Å². The molecule has 0 fully saturated rings. The van der Waals surface area contributed by atoms with Crippen molar-refractivity contribution >= 4 is 49.5 Å². The molecule has 1 aromatic rings. The molecular weight excluding hydrogens is 392 g/mol. The summed E-state index contributed by atoms with van der Waals surface area (Å²) in [6, 6.07) is 4.95. The molecular formula is C13H16Br2N2O3. The van der Waals surface area contributed by atoms with Gasteiger partial charge in [0.1, 0.15) is 0 Å². The van der Waals surface area contributed by atoms with E-state index in [1.165, 1.54) is 0 Å². The van der Waals surface area contributed by atoms with Crippen molar-refractivity contribution < 1.29 is 14.7 Å². The molecule has 0 aromatic heterocycles. The van der Waals surface area contributed by atoms with Gasteiger partial charge in [-0.25, -0.2) is 4.79 Å². The van der Waals surface area contributed by atoms with Crippen molar-refractivity contribution in [2.75, 3.05) is 11.9 Å². The van der Waals surface area contributed by atoms with Crippen molar-refractivity contribution in [3.8, 4) is 0 Å². The van der Waals surface area contributed by atoms with Crippen LogP contribution in [0.5, 0.6) is 0 Å². The third-order valence-electron chi connectivity index (χ3n) is 3.11. The normalized spacial score (nSPS) is 13.4. The number of hydrogen-bond donors (Lipinski definition) is 3. The zero-order valence-corrected chi connectivity index (χ0v) is 14.3. The summed E-state index contributed by atoms with van der Waals surface area (Å²) in [5, 5.41) is 14.4. The molecule has 1 atom stereocenters. The molecule has 1 rings (SSSR count). The van der Waals surface area contributed by atoms with Gasteiger partial charge in [0.2, 0.25) is 0 Å². The first kappa shape index (κ1) is 17.0.